The summed E-state index contributed by atoms with van der Waals surface area (Å²) in [4.78, 5) is 0. The fraction of sp³-hybridized carbons (Fsp3) is 0.455. The quantitative estimate of drug-likeness (QED) is 0.697. The van der Waals surface area contributed by atoms with Crippen LogP contribution in [0.1, 0.15) is 19.4 Å². The molecule has 0 aliphatic carbocycles. The molecule has 0 saturated carbocycles. The van der Waals surface area contributed by atoms with Gasteiger partial charge in [-0.15, -0.1) is 0 Å². The van der Waals surface area contributed by atoms with Gasteiger partial charge in [-0.25, -0.2) is 0 Å². The van der Waals surface area contributed by atoms with E-state index in [1.807, 2.05) is 18.2 Å². The van der Waals surface area contributed by atoms with E-state index in [9.17, 15) is 0 Å². The van der Waals surface area contributed by atoms with Crippen LogP contribution >= 0.6 is 9.07 Å². The van der Waals surface area contributed by atoms with Crippen molar-refractivity contribution in [1.82, 2.24) is 0 Å². The van der Waals surface area contributed by atoms with E-state index < -0.39 is 19.3 Å². The Morgan fingerprint density at radius 3 is 2.71 bits per heavy atom. The first-order valence-corrected chi connectivity index (χ1v) is 8.14. The number of hydrogen-bond donors (Lipinski definition) is 0. The first kappa shape index (κ1) is 12.1. The third kappa shape index (κ3) is 4.07. The molecule has 0 spiro atoms. The molecule has 1 rings (SSSR count). The number of hydrogen-bond acceptors (Lipinski definition) is 1. The van der Waals surface area contributed by atoms with E-state index in [1.54, 1.807) is 0 Å². The molecule has 3 heteroatoms. The van der Waals surface area contributed by atoms with Gasteiger partial charge in [-0.05, 0) is 17.5 Å². The summed E-state index contributed by atoms with van der Waals surface area (Å²) in [5.74, 6) is 1.57. The average molecular weight is 223 g/mol. The molecule has 74 valence electrons. The molecule has 0 aliphatic heterocycles. The van der Waals surface area contributed by atoms with Gasteiger partial charge in [0.15, 0.2) is 0 Å². The highest BCUT2D eigenvalue weighted by molar-refractivity contribution is 6.93. The van der Waals surface area contributed by atoms with Crippen molar-refractivity contribution >= 4 is 28.3 Å². The Labute approximate surface area is 99.3 Å². The number of halogens is 1. The van der Waals surface area contributed by atoms with Crippen LogP contribution in [0.25, 0.3) is 0 Å². The molecule has 0 radical (unpaired) electrons. The van der Waals surface area contributed by atoms with Crippen LogP contribution in [-0.4, -0.2) is 25.9 Å². The molecule has 0 amide bonds. The fourth-order valence-electron chi connectivity index (χ4n) is 1.21. The van der Waals surface area contributed by atoms with Gasteiger partial charge in [0.25, 0.3) is 0 Å². The molecule has 0 atom stereocenters. The van der Waals surface area contributed by atoms with E-state index in [-0.39, 0.29) is 0 Å². The predicted octanol–water partition coefficient (Wildman–Crippen LogP) is 3.08. The van der Waals surface area contributed by atoms with E-state index >= 15 is 0 Å². The van der Waals surface area contributed by atoms with Crippen LogP contribution in [0.4, 0.5) is 0 Å². The zero-order valence-electron chi connectivity index (χ0n) is 8.79. The van der Waals surface area contributed by atoms with Crippen molar-refractivity contribution in [3.05, 3.63) is 29.8 Å². The topological polar surface area (TPSA) is 9.23 Å². The standard InChI is InChI=1S/C11H15O.ClH.Mg/c1-9(2)8-12-11-7-5-4-6-10(11)3;;/h4-7,9H,3,8H2,1-2H3;1H;/q;;+1/p-1. The highest BCUT2D eigenvalue weighted by Crippen LogP contribution is 2.19. The van der Waals surface area contributed by atoms with Crippen LogP contribution < -0.4 is 4.74 Å². The minimum Gasteiger partial charge on any atom is -0.493 e. The molecule has 0 saturated heterocycles. The highest BCUT2D eigenvalue weighted by Gasteiger charge is 2.04. The average Bonchev–Trinajstić information content (AvgIpc) is 2.17. The normalized spacial score (nSPS) is 10.0. The van der Waals surface area contributed by atoms with Crippen molar-refractivity contribution in [2.24, 2.45) is 5.92 Å². The van der Waals surface area contributed by atoms with Gasteiger partial charge in [0.2, 0.25) is 0 Å². The van der Waals surface area contributed by atoms with Crippen LogP contribution in [-0.2, 0) is 4.55 Å². The summed E-state index contributed by atoms with van der Waals surface area (Å²) in [5.41, 5.74) is 1.26. The monoisotopic (exact) mass is 222 g/mol. The lowest BCUT2D eigenvalue weighted by Crippen LogP contribution is -2.06. The predicted molar refractivity (Wildman–Crippen MR) is 62.1 cm³/mol. The van der Waals surface area contributed by atoms with Crippen LogP contribution in [0.15, 0.2) is 24.3 Å². The van der Waals surface area contributed by atoms with E-state index in [0.29, 0.717) is 5.92 Å². The van der Waals surface area contributed by atoms with E-state index in [0.717, 1.165) is 16.9 Å². The Hall–Kier alpha value is 0.0762. The first-order valence-electron chi connectivity index (χ1n) is 5.00. The third-order valence-corrected chi connectivity index (χ3v) is 3.20. The molecule has 0 bridgehead atoms. The molecule has 0 aliphatic rings. The van der Waals surface area contributed by atoms with Gasteiger partial charge in [-0.3, -0.25) is 0 Å². The van der Waals surface area contributed by atoms with Crippen molar-refractivity contribution in [2.75, 3.05) is 6.61 Å². The SMILES string of the molecule is CC(C)COc1ccccc1[CH2][Mg][Cl]. The van der Waals surface area contributed by atoms with Gasteiger partial charge in [-0.1, -0.05) is 36.6 Å². The maximum absolute atomic E-state index is 5.85. The Morgan fingerprint density at radius 1 is 1.36 bits per heavy atom. The molecular weight excluding hydrogens is 208 g/mol. The summed E-state index contributed by atoms with van der Waals surface area (Å²) in [7, 11) is 5.85. The van der Waals surface area contributed by atoms with Crippen molar-refractivity contribution in [3.8, 4) is 5.75 Å². The molecule has 14 heavy (non-hydrogen) atoms. The molecule has 0 aromatic heterocycles. The molecule has 0 unspecified atom stereocenters. The molecule has 1 nitrogen and oxygen atoms in total. The molecular formula is C11H15ClMgO. The third-order valence-electron chi connectivity index (χ3n) is 1.91. The van der Waals surface area contributed by atoms with Crippen LogP contribution in [0.2, 0.25) is 0 Å². The van der Waals surface area contributed by atoms with Gasteiger partial charge >= 0.3 is 19.3 Å². The van der Waals surface area contributed by atoms with Crippen LogP contribution in [0.3, 0.4) is 0 Å². The second-order valence-corrected chi connectivity index (χ2v) is 5.76. The van der Waals surface area contributed by atoms with Crippen LogP contribution in [0, 0.1) is 5.92 Å². The second-order valence-electron chi connectivity index (χ2n) is 3.75. The highest BCUT2D eigenvalue weighted by atomic mass is 35.5. The molecule has 0 fully saturated rings. The number of rotatable bonds is 5. The van der Waals surface area contributed by atoms with Gasteiger partial charge < -0.3 is 13.8 Å². The lowest BCUT2D eigenvalue weighted by Gasteiger charge is -2.12. The molecule has 1 aromatic rings. The van der Waals surface area contributed by atoms with Gasteiger partial charge in [-0.2, -0.15) is 0 Å². The minimum absolute atomic E-state index is 0.450. The lowest BCUT2D eigenvalue weighted by molar-refractivity contribution is 0.269. The second kappa shape index (κ2) is 6.54. The molecule has 1 aromatic carbocycles. The van der Waals surface area contributed by atoms with E-state index in [2.05, 4.69) is 19.9 Å². The van der Waals surface area contributed by atoms with Crippen molar-refractivity contribution in [3.63, 3.8) is 0 Å². The largest absolute Gasteiger partial charge is 0.505 e. The summed E-state index contributed by atoms with van der Waals surface area (Å²) in [5, 5.41) is 0. The Balaban J connectivity index is 2.64. The summed E-state index contributed by atoms with van der Waals surface area (Å²) in [6.45, 7) is 5.08. The molecule has 0 N–H and O–H groups in total. The molecule has 0 heterocycles. The number of ether oxygens (including phenoxy) is 1. The zero-order chi connectivity index (χ0) is 10.4. The Kier molecular flexibility index (Phi) is 5.67. The summed E-state index contributed by atoms with van der Waals surface area (Å²) >= 11 is -0.450. The Morgan fingerprint density at radius 2 is 2.07 bits per heavy atom. The van der Waals surface area contributed by atoms with Crippen LogP contribution in [0.5, 0.6) is 5.75 Å². The number of benzene rings is 1. The van der Waals surface area contributed by atoms with Gasteiger partial charge in [0.1, 0.15) is 5.75 Å². The van der Waals surface area contributed by atoms with E-state index in [4.69, 9.17) is 13.8 Å². The zero-order valence-corrected chi connectivity index (χ0v) is 11.0. The minimum atomic E-state index is -0.450. The maximum Gasteiger partial charge on any atom is 0.505 e. The smallest absolute Gasteiger partial charge is 0.493 e. The van der Waals surface area contributed by atoms with Crippen molar-refractivity contribution in [1.29, 1.82) is 0 Å². The number of para-hydroxylation sites is 1. The van der Waals surface area contributed by atoms with Crippen molar-refractivity contribution in [2.45, 2.75) is 18.4 Å². The van der Waals surface area contributed by atoms with Crippen molar-refractivity contribution < 1.29 is 4.74 Å². The first-order chi connectivity index (χ1) is 6.74. The fourth-order valence-corrected chi connectivity index (χ4v) is 2.44. The van der Waals surface area contributed by atoms with Gasteiger partial charge in [0.05, 0.1) is 6.61 Å². The summed E-state index contributed by atoms with van der Waals surface area (Å²) in [6, 6.07) is 8.18. The summed E-state index contributed by atoms with van der Waals surface area (Å²) in [6.07, 6.45) is 0. The maximum atomic E-state index is 5.85. The Bertz CT molecular complexity index is 276. The van der Waals surface area contributed by atoms with E-state index in [1.165, 1.54) is 5.56 Å². The summed E-state index contributed by atoms with van der Waals surface area (Å²) < 4.78 is 6.72. The van der Waals surface area contributed by atoms with Gasteiger partial charge in [0, 0.05) is 0 Å². The lowest BCUT2D eigenvalue weighted by atomic mass is 10.2.